The molecule has 6 nitrogen and oxygen atoms in total. The smallest absolute Gasteiger partial charge is 0.255 e. The van der Waals surface area contributed by atoms with E-state index in [1.165, 1.54) is 12.1 Å². The minimum absolute atomic E-state index is 0.107. The van der Waals surface area contributed by atoms with Crippen LogP contribution in [0.25, 0.3) is 0 Å². The maximum Gasteiger partial charge on any atom is 0.255 e. The average molecular weight is 422 g/mol. The highest BCUT2D eigenvalue weighted by atomic mass is 32.2. The molecule has 3 rings (SSSR count). The van der Waals surface area contributed by atoms with Crippen LogP contribution in [-0.4, -0.2) is 26.6 Å². The van der Waals surface area contributed by atoms with Gasteiger partial charge in [0.15, 0.2) is 0 Å². The van der Waals surface area contributed by atoms with Crippen LogP contribution in [0.15, 0.2) is 101 Å². The van der Waals surface area contributed by atoms with E-state index in [0.29, 0.717) is 12.8 Å². The molecule has 7 heteroatoms. The summed E-state index contributed by atoms with van der Waals surface area (Å²) in [6.45, 7) is -0.398. The van der Waals surface area contributed by atoms with Gasteiger partial charge >= 0.3 is 0 Å². The fourth-order valence-electron chi connectivity index (χ4n) is 2.83. The van der Waals surface area contributed by atoms with Crippen LogP contribution in [0.2, 0.25) is 0 Å². The molecule has 0 bridgehead atoms. The molecule has 0 radical (unpaired) electrons. The normalized spacial score (nSPS) is 10.9. The number of sulfonamides is 1. The molecular weight excluding hydrogens is 398 g/mol. The molecular formula is C23H23N3O3S. The van der Waals surface area contributed by atoms with Gasteiger partial charge in [-0.1, -0.05) is 78.9 Å². The first-order valence-electron chi connectivity index (χ1n) is 9.50. The van der Waals surface area contributed by atoms with Crippen molar-refractivity contribution < 1.29 is 13.2 Å². The lowest BCUT2D eigenvalue weighted by Gasteiger charge is -2.09. The molecule has 0 fully saturated rings. The molecule has 0 heterocycles. The number of hydrazone groups is 1. The quantitative estimate of drug-likeness (QED) is 0.411. The van der Waals surface area contributed by atoms with Crippen molar-refractivity contribution in [3.63, 3.8) is 0 Å². The Labute approximate surface area is 176 Å². The second-order valence-electron chi connectivity index (χ2n) is 6.68. The van der Waals surface area contributed by atoms with Gasteiger partial charge in [0, 0.05) is 18.6 Å². The topological polar surface area (TPSA) is 87.6 Å². The predicted molar refractivity (Wildman–Crippen MR) is 118 cm³/mol. The molecule has 154 valence electrons. The number of nitrogens with one attached hydrogen (secondary N) is 2. The minimum atomic E-state index is -3.75. The van der Waals surface area contributed by atoms with E-state index in [2.05, 4.69) is 15.2 Å². The Balaban J connectivity index is 1.64. The van der Waals surface area contributed by atoms with Crippen molar-refractivity contribution in [3.8, 4) is 0 Å². The van der Waals surface area contributed by atoms with E-state index in [-0.39, 0.29) is 4.90 Å². The van der Waals surface area contributed by atoms with Crippen molar-refractivity contribution in [2.24, 2.45) is 5.10 Å². The van der Waals surface area contributed by atoms with Crippen LogP contribution < -0.4 is 10.1 Å². The molecule has 0 aliphatic rings. The summed E-state index contributed by atoms with van der Waals surface area (Å²) in [6.07, 6.45) is 1.15. The number of hydrogen-bond acceptors (Lipinski definition) is 4. The van der Waals surface area contributed by atoms with Crippen LogP contribution in [0.1, 0.15) is 11.1 Å². The molecule has 0 saturated carbocycles. The molecule has 0 atom stereocenters. The van der Waals surface area contributed by atoms with E-state index in [0.717, 1.165) is 16.8 Å². The Morgan fingerprint density at radius 1 is 0.733 bits per heavy atom. The van der Waals surface area contributed by atoms with Gasteiger partial charge in [-0.25, -0.2) is 18.6 Å². The zero-order chi connectivity index (χ0) is 21.2. The largest absolute Gasteiger partial charge is 0.272 e. The number of rotatable bonds is 9. The van der Waals surface area contributed by atoms with E-state index in [9.17, 15) is 13.2 Å². The molecule has 3 aromatic carbocycles. The second-order valence-corrected chi connectivity index (χ2v) is 8.44. The summed E-state index contributed by atoms with van der Waals surface area (Å²) in [7, 11) is -3.75. The molecule has 0 unspecified atom stereocenters. The summed E-state index contributed by atoms with van der Waals surface area (Å²) in [5.74, 6) is -0.534. The van der Waals surface area contributed by atoms with Gasteiger partial charge in [-0.15, -0.1) is 0 Å². The number of nitrogens with zero attached hydrogens (tertiary/aromatic N) is 1. The number of carbonyl (C=O) groups is 1. The molecule has 3 aromatic rings. The van der Waals surface area contributed by atoms with Crippen molar-refractivity contribution in [2.75, 3.05) is 6.54 Å². The first-order chi connectivity index (χ1) is 14.5. The number of hydrogen-bond donors (Lipinski definition) is 2. The summed E-state index contributed by atoms with van der Waals surface area (Å²) in [4.78, 5) is 12.3. The average Bonchev–Trinajstić information content (AvgIpc) is 2.78. The van der Waals surface area contributed by atoms with E-state index in [1.807, 2.05) is 60.7 Å². The minimum Gasteiger partial charge on any atom is -0.272 e. The fraction of sp³-hybridized carbons (Fsp3) is 0.130. The van der Waals surface area contributed by atoms with Crippen LogP contribution >= 0.6 is 0 Å². The first kappa shape index (κ1) is 21.4. The lowest BCUT2D eigenvalue weighted by atomic mass is 10.0. The number of carbonyl (C=O) groups excluding carboxylic acids is 1. The standard InChI is InChI=1S/C23H23N3O3S/c27-23(18-24-30(28,29)22-14-8-3-9-15-22)26-25-21(16-19-10-4-1-5-11-19)17-20-12-6-2-7-13-20/h1-15,24H,16-18H2,(H,26,27). The van der Waals surface area contributed by atoms with Crippen LogP contribution in [0.4, 0.5) is 0 Å². The highest BCUT2D eigenvalue weighted by Crippen LogP contribution is 2.08. The SMILES string of the molecule is O=C(CNS(=O)(=O)c1ccccc1)NN=C(Cc1ccccc1)Cc1ccccc1. The second kappa shape index (κ2) is 10.5. The third kappa shape index (κ3) is 6.65. The van der Waals surface area contributed by atoms with E-state index < -0.39 is 22.5 Å². The molecule has 1 amide bonds. The van der Waals surface area contributed by atoms with Gasteiger partial charge in [-0.2, -0.15) is 5.10 Å². The van der Waals surface area contributed by atoms with Crippen LogP contribution in [-0.2, 0) is 27.7 Å². The highest BCUT2D eigenvalue weighted by Gasteiger charge is 2.15. The maximum atomic E-state index is 12.2. The maximum absolute atomic E-state index is 12.2. The van der Waals surface area contributed by atoms with Crippen LogP contribution in [0.3, 0.4) is 0 Å². The van der Waals surface area contributed by atoms with E-state index in [1.54, 1.807) is 18.2 Å². The third-order valence-electron chi connectivity index (χ3n) is 4.32. The number of amides is 1. The van der Waals surface area contributed by atoms with Crippen molar-refractivity contribution >= 4 is 21.6 Å². The first-order valence-corrected chi connectivity index (χ1v) is 11.0. The Morgan fingerprint density at radius 2 is 1.20 bits per heavy atom. The molecule has 0 saturated heterocycles. The van der Waals surface area contributed by atoms with E-state index in [4.69, 9.17) is 0 Å². The molecule has 0 spiro atoms. The lowest BCUT2D eigenvalue weighted by molar-refractivity contribution is -0.119. The summed E-state index contributed by atoms with van der Waals surface area (Å²) in [6, 6.07) is 27.6. The zero-order valence-corrected chi connectivity index (χ0v) is 17.2. The molecule has 2 N–H and O–H groups in total. The van der Waals surface area contributed by atoms with Gasteiger partial charge < -0.3 is 0 Å². The predicted octanol–water partition coefficient (Wildman–Crippen LogP) is 2.92. The molecule has 0 aromatic heterocycles. The Hall–Kier alpha value is -3.29. The summed E-state index contributed by atoms with van der Waals surface area (Å²) < 4.78 is 26.7. The van der Waals surface area contributed by atoms with Gasteiger partial charge in [0.25, 0.3) is 5.91 Å². The van der Waals surface area contributed by atoms with Gasteiger partial charge in [0.2, 0.25) is 10.0 Å². The van der Waals surface area contributed by atoms with Crippen molar-refractivity contribution in [2.45, 2.75) is 17.7 Å². The molecule has 0 aliphatic heterocycles. The van der Waals surface area contributed by atoms with Crippen LogP contribution in [0.5, 0.6) is 0 Å². The lowest BCUT2D eigenvalue weighted by Crippen LogP contribution is -2.35. The van der Waals surface area contributed by atoms with E-state index >= 15 is 0 Å². The Bertz CT molecular complexity index is 1040. The fourth-order valence-corrected chi connectivity index (χ4v) is 3.83. The Kier molecular flexibility index (Phi) is 7.48. The van der Waals surface area contributed by atoms with Crippen LogP contribution in [0, 0.1) is 0 Å². The summed E-state index contributed by atoms with van der Waals surface area (Å²) >= 11 is 0. The third-order valence-corrected chi connectivity index (χ3v) is 5.73. The van der Waals surface area contributed by atoms with Gasteiger partial charge in [-0.05, 0) is 23.3 Å². The molecule has 30 heavy (non-hydrogen) atoms. The summed E-state index contributed by atoms with van der Waals surface area (Å²) in [5, 5.41) is 4.27. The van der Waals surface area contributed by atoms with Gasteiger partial charge in [0.1, 0.15) is 0 Å². The molecule has 0 aliphatic carbocycles. The van der Waals surface area contributed by atoms with Crippen molar-refractivity contribution in [1.29, 1.82) is 0 Å². The zero-order valence-electron chi connectivity index (χ0n) is 16.4. The van der Waals surface area contributed by atoms with Crippen molar-refractivity contribution in [1.82, 2.24) is 10.1 Å². The van der Waals surface area contributed by atoms with Gasteiger partial charge in [0.05, 0.1) is 11.4 Å². The van der Waals surface area contributed by atoms with Gasteiger partial charge in [-0.3, -0.25) is 4.79 Å². The number of benzene rings is 3. The Morgan fingerprint density at radius 3 is 1.70 bits per heavy atom. The monoisotopic (exact) mass is 421 g/mol. The highest BCUT2D eigenvalue weighted by molar-refractivity contribution is 7.89. The summed E-state index contributed by atoms with van der Waals surface area (Å²) in [5.41, 5.74) is 5.39. The van der Waals surface area contributed by atoms with Crippen molar-refractivity contribution in [3.05, 3.63) is 102 Å².